The second kappa shape index (κ2) is 6.74. The normalized spacial score (nSPS) is 8.33. The molecule has 2 amide bonds. The van der Waals surface area contributed by atoms with Crippen molar-refractivity contribution < 1.29 is 4.79 Å². The molecule has 0 aliphatic rings. The maximum absolute atomic E-state index is 10.8. The number of nitrogens with two attached hydrogens (primary N) is 1. The van der Waals surface area contributed by atoms with Gasteiger partial charge in [0.15, 0.2) is 5.11 Å². The first-order valence-corrected chi connectivity index (χ1v) is 4.40. The van der Waals surface area contributed by atoms with Gasteiger partial charge in [-0.05, 0) is 24.2 Å². The zero-order chi connectivity index (χ0) is 9.40. The minimum Gasteiger partial charge on any atom is -0.375 e. The van der Waals surface area contributed by atoms with Gasteiger partial charge in [0.1, 0.15) is 0 Å². The lowest BCUT2D eigenvalue weighted by atomic mass is 10.8. The van der Waals surface area contributed by atoms with Gasteiger partial charge < -0.3 is 5.73 Å². The number of hydrogen-bond acceptors (Lipinski definition) is 3. The fourth-order valence-electron chi connectivity index (χ4n) is 0.310. The Bertz CT molecular complexity index is 184. The molecule has 0 aromatic rings. The van der Waals surface area contributed by atoms with Gasteiger partial charge in [-0.3, -0.25) is 10.1 Å². The summed E-state index contributed by atoms with van der Waals surface area (Å²) < 4.78 is 2.46. The Labute approximate surface area is 80.2 Å². The topological polar surface area (TPSA) is 79.2 Å². The molecule has 0 aliphatic heterocycles. The summed E-state index contributed by atoms with van der Waals surface area (Å²) in [6, 6.07) is -0.408. The summed E-state index contributed by atoms with van der Waals surface area (Å²) in [6.45, 7) is 3.48. The van der Waals surface area contributed by atoms with Crippen LogP contribution in [-0.2, 0) is 0 Å². The minimum atomic E-state index is -0.408. The van der Waals surface area contributed by atoms with Crippen molar-refractivity contribution in [2.45, 2.75) is 0 Å². The van der Waals surface area contributed by atoms with E-state index < -0.39 is 6.03 Å². The van der Waals surface area contributed by atoms with Crippen LogP contribution in [0.4, 0.5) is 4.79 Å². The van der Waals surface area contributed by atoms with Crippen molar-refractivity contribution in [3.63, 3.8) is 0 Å². The fraction of sp³-hybridized carbons (Fsp3) is 0.200. The fourth-order valence-corrected chi connectivity index (χ4v) is 0.744. The second-order valence-electron chi connectivity index (χ2n) is 1.65. The monoisotopic (exact) mass is 206 g/mol. The Morgan fingerprint density at radius 3 is 2.83 bits per heavy atom. The molecule has 0 heterocycles. The van der Waals surface area contributed by atoms with Gasteiger partial charge in [-0.15, -0.1) is 6.58 Å². The highest BCUT2D eigenvalue weighted by Gasteiger charge is 1.96. The lowest BCUT2D eigenvalue weighted by molar-refractivity contribution is 0.245. The molecule has 0 unspecified atom stereocenters. The molecule has 0 bridgehead atoms. The van der Waals surface area contributed by atoms with E-state index in [-0.39, 0.29) is 5.11 Å². The summed E-state index contributed by atoms with van der Waals surface area (Å²) in [5.41, 5.74) is 9.55. The van der Waals surface area contributed by atoms with Crippen molar-refractivity contribution >= 4 is 35.3 Å². The summed E-state index contributed by atoms with van der Waals surface area (Å²) in [5.74, 6) is 0.639. The standard InChI is InChI=1S/C5H10N4OS2/c1-2-3-12-9-5(10)8-7-4(6)11/h2H,1,3H2,(H3,6,7,11)(H2,8,9,10). The quantitative estimate of drug-likeness (QED) is 0.170. The molecule has 0 rings (SSSR count). The summed E-state index contributed by atoms with van der Waals surface area (Å²) in [7, 11) is 0. The lowest BCUT2D eigenvalue weighted by Gasteiger charge is -2.05. The van der Waals surface area contributed by atoms with Gasteiger partial charge in [-0.25, -0.2) is 10.2 Å². The number of amides is 2. The van der Waals surface area contributed by atoms with Crippen LogP contribution >= 0.6 is 24.2 Å². The molecular weight excluding hydrogens is 196 g/mol. The van der Waals surface area contributed by atoms with E-state index in [9.17, 15) is 4.79 Å². The molecule has 0 fully saturated rings. The van der Waals surface area contributed by atoms with Gasteiger partial charge in [-0.1, -0.05) is 6.08 Å². The maximum Gasteiger partial charge on any atom is 0.343 e. The third-order valence-electron chi connectivity index (χ3n) is 0.665. The number of thiocarbonyl (C=S) groups is 1. The number of carbonyl (C=O) groups is 1. The highest BCUT2D eigenvalue weighted by molar-refractivity contribution is 7.98. The Kier molecular flexibility index (Phi) is 6.21. The van der Waals surface area contributed by atoms with E-state index in [4.69, 9.17) is 5.73 Å². The van der Waals surface area contributed by atoms with E-state index in [0.29, 0.717) is 5.75 Å². The molecule has 12 heavy (non-hydrogen) atoms. The van der Waals surface area contributed by atoms with E-state index in [1.807, 2.05) is 0 Å². The van der Waals surface area contributed by atoms with Crippen LogP contribution in [0.25, 0.3) is 0 Å². The van der Waals surface area contributed by atoms with E-state index >= 15 is 0 Å². The Balaban J connectivity index is 3.33. The zero-order valence-electron chi connectivity index (χ0n) is 6.29. The number of carbonyl (C=O) groups excluding carboxylic acids is 1. The molecule has 0 saturated heterocycles. The van der Waals surface area contributed by atoms with Gasteiger partial charge in [0.05, 0.1) is 0 Å². The predicted molar refractivity (Wildman–Crippen MR) is 54.2 cm³/mol. The van der Waals surface area contributed by atoms with E-state index in [1.54, 1.807) is 6.08 Å². The molecule has 0 radical (unpaired) electrons. The summed E-state index contributed by atoms with van der Waals surface area (Å²) in [5, 5.41) is 0.0128. The molecular formula is C5H10N4OS2. The highest BCUT2D eigenvalue weighted by atomic mass is 32.2. The number of rotatable bonds is 3. The van der Waals surface area contributed by atoms with Gasteiger partial charge >= 0.3 is 6.03 Å². The number of urea groups is 1. The first kappa shape index (κ1) is 11.1. The van der Waals surface area contributed by atoms with Crippen LogP contribution in [0, 0.1) is 0 Å². The Hall–Kier alpha value is -0.950. The van der Waals surface area contributed by atoms with E-state index in [1.165, 1.54) is 11.9 Å². The molecule has 0 saturated carbocycles. The predicted octanol–water partition coefficient (Wildman–Crippen LogP) is -0.132. The van der Waals surface area contributed by atoms with Crippen molar-refractivity contribution in [2.24, 2.45) is 5.73 Å². The van der Waals surface area contributed by atoms with Crippen LogP contribution < -0.4 is 21.3 Å². The van der Waals surface area contributed by atoms with Gasteiger partial charge in [-0.2, -0.15) is 0 Å². The van der Waals surface area contributed by atoms with E-state index in [0.717, 1.165) is 0 Å². The molecule has 7 heteroatoms. The average Bonchev–Trinajstić information content (AvgIpc) is 2.01. The third-order valence-corrected chi connectivity index (χ3v) is 1.50. The highest BCUT2D eigenvalue weighted by Crippen LogP contribution is 1.90. The maximum atomic E-state index is 10.8. The molecule has 5 nitrogen and oxygen atoms in total. The second-order valence-corrected chi connectivity index (χ2v) is 2.91. The summed E-state index contributed by atoms with van der Waals surface area (Å²) in [6.07, 6.45) is 1.67. The molecule has 0 atom stereocenters. The molecule has 0 aromatic carbocycles. The summed E-state index contributed by atoms with van der Waals surface area (Å²) >= 11 is 5.66. The number of hydrazine groups is 1. The first-order chi connectivity index (χ1) is 5.66. The first-order valence-electron chi connectivity index (χ1n) is 3.01. The largest absolute Gasteiger partial charge is 0.375 e. The minimum absolute atomic E-state index is 0.0128. The molecule has 0 spiro atoms. The van der Waals surface area contributed by atoms with Gasteiger partial charge in [0.25, 0.3) is 0 Å². The van der Waals surface area contributed by atoms with Crippen LogP contribution in [0.3, 0.4) is 0 Å². The van der Waals surface area contributed by atoms with Crippen molar-refractivity contribution in [3.8, 4) is 0 Å². The van der Waals surface area contributed by atoms with Crippen molar-refractivity contribution in [2.75, 3.05) is 5.75 Å². The van der Waals surface area contributed by atoms with Crippen molar-refractivity contribution in [1.82, 2.24) is 15.6 Å². The van der Waals surface area contributed by atoms with Crippen LogP contribution in [0.5, 0.6) is 0 Å². The van der Waals surface area contributed by atoms with Crippen molar-refractivity contribution in [3.05, 3.63) is 12.7 Å². The molecule has 0 aliphatic carbocycles. The zero-order valence-corrected chi connectivity index (χ0v) is 7.93. The van der Waals surface area contributed by atoms with Crippen LogP contribution in [-0.4, -0.2) is 16.9 Å². The smallest absolute Gasteiger partial charge is 0.343 e. The Morgan fingerprint density at radius 2 is 2.33 bits per heavy atom. The molecule has 0 aromatic heterocycles. The average molecular weight is 206 g/mol. The van der Waals surface area contributed by atoms with Crippen LogP contribution in [0.2, 0.25) is 0 Å². The van der Waals surface area contributed by atoms with Gasteiger partial charge in [0, 0.05) is 5.75 Å². The number of nitrogens with one attached hydrogen (secondary N) is 3. The van der Waals surface area contributed by atoms with Crippen LogP contribution in [0.15, 0.2) is 12.7 Å². The summed E-state index contributed by atoms with van der Waals surface area (Å²) in [4.78, 5) is 10.8. The van der Waals surface area contributed by atoms with Crippen LogP contribution in [0.1, 0.15) is 0 Å². The third kappa shape index (κ3) is 7.16. The lowest BCUT2D eigenvalue weighted by Crippen LogP contribution is -2.47. The SMILES string of the molecule is C=CCSNC(=O)NNC(N)=S. The van der Waals surface area contributed by atoms with Gasteiger partial charge in [0.2, 0.25) is 0 Å². The molecule has 68 valence electrons. The number of hydrogen-bond donors (Lipinski definition) is 4. The van der Waals surface area contributed by atoms with E-state index in [2.05, 4.69) is 34.4 Å². The molecule has 5 N–H and O–H groups in total. The Morgan fingerprint density at radius 1 is 1.67 bits per heavy atom. The van der Waals surface area contributed by atoms with Crippen molar-refractivity contribution in [1.29, 1.82) is 0 Å².